The predicted octanol–water partition coefficient (Wildman–Crippen LogP) is 2.24. The molecule has 0 bridgehead atoms. The second-order valence-electron chi connectivity index (χ2n) is 6.35. The van der Waals surface area contributed by atoms with Gasteiger partial charge in [-0.1, -0.05) is 0 Å². The van der Waals surface area contributed by atoms with E-state index in [1.807, 2.05) is 0 Å². The zero-order chi connectivity index (χ0) is 15.5. The summed E-state index contributed by atoms with van der Waals surface area (Å²) in [5.41, 5.74) is 1.42. The Morgan fingerprint density at radius 1 is 1.27 bits per heavy atom. The molecule has 2 aromatic rings. The number of hydrogen-bond acceptors (Lipinski definition) is 5. The van der Waals surface area contributed by atoms with Crippen LogP contribution >= 0.6 is 11.3 Å². The Morgan fingerprint density at radius 3 is 2.86 bits per heavy atom. The number of nitrogens with zero attached hydrogens (tertiary/aromatic N) is 5. The first kappa shape index (κ1) is 15.6. The van der Waals surface area contributed by atoms with Gasteiger partial charge in [0.1, 0.15) is 11.6 Å². The van der Waals surface area contributed by atoms with Gasteiger partial charge in [-0.25, -0.2) is 0 Å². The highest BCUT2D eigenvalue weighted by Crippen LogP contribution is 2.15. The van der Waals surface area contributed by atoms with Crippen molar-refractivity contribution in [1.82, 2.24) is 24.6 Å². The van der Waals surface area contributed by atoms with Crippen LogP contribution in [-0.2, 0) is 26.1 Å². The maximum absolute atomic E-state index is 4.42. The maximum Gasteiger partial charge on any atom is 0.147 e. The third-order valence-corrected chi connectivity index (χ3v) is 5.19. The standard InChI is InChI=1S/C16H25N5S/c1-13(2)19(3)11-16-18-17-15-4-6-20(7-8-21(15)16)10-14-5-9-22-12-14/h5,9,12-13H,4,6-8,10-11H2,1-3H3. The van der Waals surface area contributed by atoms with Gasteiger partial charge in [0.25, 0.3) is 0 Å². The molecule has 0 saturated heterocycles. The molecule has 1 aliphatic rings. The second kappa shape index (κ2) is 6.89. The molecule has 0 aliphatic carbocycles. The SMILES string of the molecule is CC(C)N(C)Cc1nnc2n1CCN(Cc1ccsc1)CC2. The molecule has 0 spiro atoms. The lowest BCUT2D eigenvalue weighted by atomic mass is 10.3. The average molecular weight is 319 g/mol. The van der Waals surface area contributed by atoms with Gasteiger partial charge < -0.3 is 4.57 Å². The monoisotopic (exact) mass is 319 g/mol. The molecular formula is C16H25N5S. The lowest BCUT2D eigenvalue weighted by molar-refractivity contribution is 0.248. The van der Waals surface area contributed by atoms with Gasteiger partial charge in [0, 0.05) is 38.6 Å². The van der Waals surface area contributed by atoms with Crippen LogP contribution in [-0.4, -0.2) is 50.7 Å². The summed E-state index contributed by atoms with van der Waals surface area (Å²) < 4.78 is 2.33. The molecule has 3 rings (SSSR count). The van der Waals surface area contributed by atoms with Gasteiger partial charge in [-0.05, 0) is 43.3 Å². The summed E-state index contributed by atoms with van der Waals surface area (Å²) in [7, 11) is 2.14. The van der Waals surface area contributed by atoms with Crippen molar-refractivity contribution in [3.8, 4) is 0 Å². The molecule has 0 aromatic carbocycles. The number of aromatic nitrogens is 3. The molecule has 3 heterocycles. The largest absolute Gasteiger partial charge is 0.313 e. The molecule has 0 amide bonds. The van der Waals surface area contributed by atoms with Crippen molar-refractivity contribution in [2.45, 2.75) is 45.9 Å². The summed E-state index contributed by atoms with van der Waals surface area (Å²) >= 11 is 1.77. The number of rotatable bonds is 5. The molecule has 0 atom stereocenters. The van der Waals surface area contributed by atoms with Crippen LogP contribution in [0.2, 0.25) is 0 Å². The topological polar surface area (TPSA) is 37.2 Å². The summed E-state index contributed by atoms with van der Waals surface area (Å²) in [6, 6.07) is 2.74. The summed E-state index contributed by atoms with van der Waals surface area (Å²) in [5, 5.41) is 13.2. The quantitative estimate of drug-likeness (QED) is 0.847. The molecule has 0 saturated carbocycles. The summed E-state index contributed by atoms with van der Waals surface area (Å²) in [4.78, 5) is 4.83. The number of fused-ring (bicyclic) bond motifs is 1. The highest BCUT2D eigenvalue weighted by atomic mass is 32.1. The Bertz CT molecular complexity index is 590. The van der Waals surface area contributed by atoms with Crippen LogP contribution in [0, 0.1) is 0 Å². The molecular weight excluding hydrogens is 294 g/mol. The Morgan fingerprint density at radius 2 is 2.14 bits per heavy atom. The fourth-order valence-electron chi connectivity index (χ4n) is 2.75. The van der Waals surface area contributed by atoms with Crippen molar-refractivity contribution in [3.63, 3.8) is 0 Å². The van der Waals surface area contributed by atoms with Crippen molar-refractivity contribution < 1.29 is 0 Å². The first-order valence-corrected chi connectivity index (χ1v) is 8.92. The summed E-state index contributed by atoms with van der Waals surface area (Å²) in [5.74, 6) is 2.24. The minimum Gasteiger partial charge on any atom is -0.313 e. The Labute approximate surface area is 136 Å². The second-order valence-corrected chi connectivity index (χ2v) is 7.13. The smallest absolute Gasteiger partial charge is 0.147 e. The minimum absolute atomic E-state index is 0.522. The van der Waals surface area contributed by atoms with E-state index in [1.54, 1.807) is 11.3 Å². The van der Waals surface area contributed by atoms with Crippen LogP contribution in [0.1, 0.15) is 31.1 Å². The number of hydrogen-bond donors (Lipinski definition) is 0. The Balaban J connectivity index is 1.65. The van der Waals surface area contributed by atoms with E-state index in [9.17, 15) is 0 Å². The van der Waals surface area contributed by atoms with Crippen LogP contribution < -0.4 is 0 Å². The van der Waals surface area contributed by atoms with Crippen molar-refractivity contribution in [1.29, 1.82) is 0 Å². The van der Waals surface area contributed by atoms with Gasteiger partial charge in [0.2, 0.25) is 0 Å². The van der Waals surface area contributed by atoms with Crippen molar-refractivity contribution in [2.24, 2.45) is 0 Å². The van der Waals surface area contributed by atoms with Crippen molar-refractivity contribution in [2.75, 3.05) is 20.1 Å². The lowest BCUT2D eigenvalue weighted by Crippen LogP contribution is -2.29. The normalized spacial score (nSPS) is 16.2. The van der Waals surface area contributed by atoms with Crippen LogP contribution in [0.15, 0.2) is 16.8 Å². The molecule has 0 unspecified atom stereocenters. The Hall–Kier alpha value is -1.24. The van der Waals surface area contributed by atoms with E-state index in [1.165, 1.54) is 5.56 Å². The van der Waals surface area contributed by atoms with Crippen LogP contribution in [0.3, 0.4) is 0 Å². The van der Waals surface area contributed by atoms with E-state index in [-0.39, 0.29) is 0 Å². The van der Waals surface area contributed by atoms with E-state index < -0.39 is 0 Å². The number of thiophene rings is 1. The summed E-state index contributed by atoms with van der Waals surface area (Å²) in [6.45, 7) is 9.46. The molecule has 0 fully saturated rings. The van der Waals surface area contributed by atoms with Gasteiger partial charge in [0.15, 0.2) is 0 Å². The van der Waals surface area contributed by atoms with Gasteiger partial charge >= 0.3 is 0 Å². The van der Waals surface area contributed by atoms with Gasteiger partial charge in [-0.15, -0.1) is 10.2 Å². The Kier molecular flexibility index (Phi) is 4.90. The molecule has 2 aromatic heterocycles. The molecule has 0 N–H and O–H groups in total. The van der Waals surface area contributed by atoms with Gasteiger partial charge in [-0.2, -0.15) is 11.3 Å². The van der Waals surface area contributed by atoms with Crippen LogP contribution in [0.4, 0.5) is 0 Å². The highest BCUT2D eigenvalue weighted by molar-refractivity contribution is 7.07. The first-order chi connectivity index (χ1) is 10.6. The van der Waals surface area contributed by atoms with Crippen molar-refractivity contribution >= 4 is 11.3 Å². The lowest BCUT2D eigenvalue weighted by Gasteiger charge is -2.21. The van der Waals surface area contributed by atoms with Gasteiger partial charge in [-0.3, -0.25) is 9.80 Å². The zero-order valence-electron chi connectivity index (χ0n) is 13.7. The third-order valence-electron chi connectivity index (χ3n) is 4.45. The van der Waals surface area contributed by atoms with E-state index in [4.69, 9.17) is 0 Å². The van der Waals surface area contributed by atoms with Gasteiger partial charge in [0.05, 0.1) is 6.54 Å². The molecule has 22 heavy (non-hydrogen) atoms. The van der Waals surface area contributed by atoms with Crippen LogP contribution in [0.25, 0.3) is 0 Å². The van der Waals surface area contributed by atoms with E-state index in [0.29, 0.717) is 6.04 Å². The van der Waals surface area contributed by atoms with E-state index in [2.05, 4.69) is 62.3 Å². The predicted molar refractivity (Wildman–Crippen MR) is 89.9 cm³/mol. The molecule has 6 heteroatoms. The average Bonchev–Trinajstić information content (AvgIpc) is 3.07. The molecule has 5 nitrogen and oxygen atoms in total. The third kappa shape index (κ3) is 3.56. The molecule has 0 radical (unpaired) electrons. The molecule has 120 valence electrons. The summed E-state index contributed by atoms with van der Waals surface area (Å²) in [6.07, 6.45) is 0.989. The first-order valence-electron chi connectivity index (χ1n) is 7.98. The van der Waals surface area contributed by atoms with E-state index in [0.717, 1.165) is 50.8 Å². The van der Waals surface area contributed by atoms with Crippen LogP contribution in [0.5, 0.6) is 0 Å². The highest BCUT2D eigenvalue weighted by Gasteiger charge is 2.20. The zero-order valence-corrected chi connectivity index (χ0v) is 14.5. The molecule has 1 aliphatic heterocycles. The van der Waals surface area contributed by atoms with Crippen molar-refractivity contribution in [3.05, 3.63) is 34.0 Å². The fourth-order valence-corrected chi connectivity index (χ4v) is 3.41. The van der Waals surface area contributed by atoms with E-state index >= 15 is 0 Å². The fraction of sp³-hybridized carbons (Fsp3) is 0.625. The maximum atomic E-state index is 4.42. The minimum atomic E-state index is 0.522.